The van der Waals surface area contributed by atoms with Crippen molar-refractivity contribution in [2.24, 2.45) is 0 Å². The van der Waals surface area contributed by atoms with Crippen LogP contribution in [-0.4, -0.2) is 16.5 Å². The molecule has 0 radical (unpaired) electrons. The summed E-state index contributed by atoms with van der Waals surface area (Å²) in [6.07, 6.45) is 3.92. The van der Waals surface area contributed by atoms with E-state index in [4.69, 9.17) is 11.2 Å². The highest BCUT2D eigenvalue weighted by molar-refractivity contribution is 8.29. The summed E-state index contributed by atoms with van der Waals surface area (Å²) in [5.41, 5.74) is 0. The lowest BCUT2D eigenvalue weighted by Crippen LogP contribution is -1.86. The fraction of sp³-hybridized carbons (Fsp3) is 1.00. The zero-order valence-electron chi connectivity index (χ0n) is 6.47. The van der Waals surface area contributed by atoms with Gasteiger partial charge in [-0.15, -0.1) is 0 Å². The van der Waals surface area contributed by atoms with Crippen LogP contribution in [0.1, 0.15) is 26.7 Å². The Hall–Kier alpha value is 0.740. The van der Waals surface area contributed by atoms with Crippen molar-refractivity contribution in [2.75, 3.05) is 12.3 Å². The highest BCUT2D eigenvalue weighted by Gasteiger charge is 2.11. The van der Waals surface area contributed by atoms with Crippen molar-refractivity contribution in [3.63, 3.8) is 0 Å². The van der Waals surface area contributed by atoms with E-state index in [1.807, 2.05) is 0 Å². The summed E-state index contributed by atoms with van der Waals surface area (Å²) in [4.78, 5) is 0. The molecule has 0 aliphatic carbocycles. The number of rotatable bonds is 4. The van der Waals surface area contributed by atoms with Crippen molar-refractivity contribution in [1.29, 1.82) is 0 Å². The molecule has 0 bridgehead atoms. The molecule has 0 aliphatic rings. The van der Waals surface area contributed by atoms with Crippen LogP contribution in [-0.2, 0) is 10.8 Å². The van der Waals surface area contributed by atoms with Crippen molar-refractivity contribution in [1.82, 2.24) is 0 Å². The van der Waals surface area contributed by atoms with E-state index in [0.29, 0.717) is 10.8 Å². The molecule has 0 saturated heterocycles. The monoisotopic (exact) mass is 200 g/mol. The van der Waals surface area contributed by atoms with E-state index in [-0.39, 0.29) is 0 Å². The first-order valence-corrected chi connectivity index (χ1v) is 7.98. The molecular formula is C6H14ClOPS. The molecule has 0 unspecified atom stereocenters. The van der Waals surface area contributed by atoms with Crippen LogP contribution >= 0.6 is 16.6 Å². The third-order valence-electron chi connectivity index (χ3n) is 1.25. The minimum atomic E-state index is -1.62. The minimum absolute atomic E-state index is 0.648. The standard InChI is InChI=1S/C6H14ClOPS/c1-3-5-9(7,10-8)6-4-2/h3-6H2,1-2H3. The Labute approximate surface area is 71.0 Å². The molecule has 0 spiro atoms. The van der Waals surface area contributed by atoms with Crippen LogP contribution in [0.25, 0.3) is 0 Å². The smallest absolute Gasteiger partial charge is 0.0937 e. The summed E-state index contributed by atoms with van der Waals surface area (Å²) >= 11 is 6.09. The van der Waals surface area contributed by atoms with Gasteiger partial charge in [0.25, 0.3) is 0 Å². The van der Waals surface area contributed by atoms with Crippen molar-refractivity contribution in [2.45, 2.75) is 26.7 Å². The zero-order chi connectivity index (χ0) is 8.04. The summed E-state index contributed by atoms with van der Waals surface area (Å²) in [5, 5.41) is -1.62. The molecule has 1 nitrogen and oxygen atoms in total. The lowest BCUT2D eigenvalue weighted by Gasteiger charge is -2.09. The SMILES string of the molecule is CCCP(Cl)(CCC)=S=O. The van der Waals surface area contributed by atoms with E-state index in [9.17, 15) is 4.21 Å². The Morgan fingerprint density at radius 2 is 1.70 bits per heavy atom. The van der Waals surface area contributed by atoms with Gasteiger partial charge in [-0.05, 0) is 12.3 Å². The predicted molar refractivity (Wildman–Crippen MR) is 51.2 cm³/mol. The molecule has 0 saturated carbocycles. The van der Waals surface area contributed by atoms with Gasteiger partial charge in [-0.25, -0.2) is 4.21 Å². The maximum atomic E-state index is 10.6. The fourth-order valence-electron chi connectivity index (χ4n) is 0.854. The van der Waals surface area contributed by atoms with Gasteiger partial charge in [0.1, 0.15) is 0 Å². The van der Waals surface area contributed by atoms with Gasteiger partial charge >= 0.3 is 0 Å². The molecule has 4 heteroatoms. The van der Waals surface area contributed by atoms with Gasteiger partial charge in [0, 0.05) is 0 Å². The minimum Gasteiger partial charge on any atom is -0.212 e. The molecule has 0 atom stereocenters. The van der Waals surface area contributed by atoms with Crippen LogP contribution in [0.15, 0.2) is 0 Å². The predicted octanol–water partition coefficient (Wildman–Crippen LogP) is 3.11. The van der Waals surface area contributed by atoms with Gasteiger partial charge in [0.15, 0.2) is 0 Å². The van der Waals surface area contributed by atoms with Crippen LogP contribution in [0.4, 0.5) is 0 Å². The molecule has 0 N–H and O–H groups in total. The van der Waals surface area contributed by atoms with Gasteiger partial charge in [-0.2, -0.15) is 0 Å². The van der Waals surface area contributed by atoms with E-state index < -0.39 is 5.39 Å². The summed E-state index contributed by atoms with van der Waals surface area (Å²) < 4.78 is 10.6. The fourth-order valence-corrected chi connectivity index (χ4v) is 5.12. The molecule has 0 fully saturated rings. The van der Waals surface area contributed by atoms with Crippen molar-refractivity contribution in [3.05, 3.63) is 0 Å². The maximum absolute atomic E-state index is 10.6. The average Bonchev–Trinajstić information content (AvgIpc) is 1.89. The molecule has 0 amide bonds. The van der Waals surface area contributed by atoms with E-state index >= 15 is 0 Å². The lowest BCUT2D eigenvalue weighted by atomic mass is 10.6. The molecule has 0 rings (SSSR count). The van der Waals surface area contributed by atoms with Crippen LogP contribution in [0.5, 0.6) is 0 Å². The quantitative estimate of drug-likeness (QED) is 0.638. The topological polar surface area (TPSA) is 17.1 Å². The third-order valence-corrected chi connectivity index (χ3v) is 7.16. The number of hydrogen-bond acceptors (Lipinski definition) is 1. The Bertz CT molecular complexity index is 155. The normalized spacial score (nSPS) is 11.5. The Morgan fingerprint density at radius 3 is 1.90 bits per heavy atom. The number of hydrogen-bond donors (Lipinski definition) is 0. The number of halogens is 1. The van der Waals surface area contributed by atoms with Crippen molar-refractivity contribution >= 4 is 27.5 Å². The van der Waals surface area contributed by atoms with E-state index in [0.717, 1.165) is 25.2 Å². The maximum Gasteiger partial charge on any atom is 0.0937 e. The van der Waals surface area contributed by atoms with Gasteiger partial charge in [0.2, 0.25) is 0 Å². The van der Waals surface area contributed by atoms with Gasteiger partial charge < -0.3 is 0 Å². The van der Waals surface area contributed by atoms with E-state index in [1.54, 1.807) is 0 Å². The van der Waals surface area contributed by atoms with Gasteiger partial charge in [0.05, 0.1) is 16.2 Å². The van der Waals surface area contributed by atoms with Gasteiger partial charge in [-0.3, -0.25) is 0 Å². The molecule has 0 heterocycles. The molecule has 62 valence electrons. The summed E-state index contributed by atoms with van der Waals surface area (Å²) in [5.74, 6) is 0. The third kappa shape index (κ3) is 3.80. The zero-order valence-corrected chi connectivity index (χ0v) is 8.94. The molecule has 0 aromatic carbocycles. The molecule has 0 aromatic heterocycles. The second-order valence-electron chi connectivity index (χ2n) is 2.31. The Morgan fingerprint density at radius 1 is 1.30 bits per heavy atom. The van der Waals surface area contributed by atoms with Crippen LogP contribution in [0.2, 0.25) is 0 Å². The first-order valence-electron chi connectivity index (χ1n) is 3.56. The highest BCUT2D eigenvalue weighted by Crippen LogP contribution is 2.53. The molecule has 0 aromatic rings. The van der Waals surface area contributed by atoms with E-state index in [1.165, 1.54) is 0 Å². The molecule has 10 heavy (non-hydrogen) atoms. The molecule has 0 aliphatic heterocycles. The summed E-state index contributed by atoms with van der Waals surface area (Å²) in [6, 6.07) is 0. The first-order chi connectivity index (χ1) is 4.68. The van der Waals surface area contributed by atoms with Crippen molar-refractivity contribution < 1.29 is 4.21 Å². The average molecular weight is 201 g/mol. The summed E-state index contributed by atoms with van der Waals surface area (Å²) in [7, 11) is 0.648. The lowest BCUT2D eigenvalue weighted by molar-refractivity contribution is 0.701. The largest absolute Gasteiger partial charge is 0.212 e. The van der Waals surface area contributed by atoms with Crippen molar-refractivity contribution in [3.8, 4) is 0 Å². The van der Waals surface area contributed by atoms with Crippen LogP contribution in [0.3, 0.4) is 0 Å². The molecular weight excluding hydrogens is 187 g/mol. The summed E-state index contributed by atoms with van der Waals surface area (Å²) in [6.45, 7) is 4.14. The van der Waals surface area contributed by atoms with Gasteiger partial charge in [-0.1, -0.05) is 37.9 Å². The first kappa shape index (κ1) is 10.7. The van der Waals surface area contributed by atoms with E-state index in [2.05, 4.69) is 13.8 Å². The Kier molecular flexibility index (Phi) is 5.80. The van der Waals surface area contributed by atoms with Crippen LogP contribution < -0.4 is 0 Å². The Balaban J connectivity index is 4.11. The van der Waals surface area contributed by atoms with Crippen LogP contribution in [0, 0.1) is 0 Å². The highest BCUT2D eigenvalue weighted by atomic mass is 35.7. The second-order valence-corrected chi connectivity index (χ2v) is 10.0. The second kappa shape index (κ2) is 5.40.